The fourth-order valence-electron chi connectivity index (χ4n) is 0. The van der Waals surface area contributed by atoms with Crippen LogP contribution in [0.5, 0.6) is 0 Å². The molecular formula is CCsNS. The molecule has 0 N–H and O–H groups in total. The van der Waals surface area contributed by atoms with Crippen LogP contribution in [-0.4, -0.2) is 5.16 Å². The Balaban J connectivity index is 0. The Labute approximate surface area is 89.1 Å². The number of isothiocyanates is 1. The molecule has 0 amide bonds. The van der Waals surface area contributed by atoms with Crippen molar-refractivity contribution in [3.8, 4) is 0 Å². The van der Waals surface area contributed by atoms with Gasteiger partial charge in [0.2, 0.25) is 0 Å². The van der Waals surface area contributed by atoms with Crippen LogP contribution in [0.25, 0.3) is 5.41 Å². The molecule has 16 valence electrons. The molecule has 0 aromatic heterocycles. The van der Waals surface area contributed by atoms with Crippen LogP contribution in [0.2, 0.25) is 0 Å². The van der Waals surface area contributed by atoms with Crippen LogP contribution in [0.15, 0.2) is 0 Å². The molecule has 4 heavy (non-hydrogen) atoms. The van der Waals surface area contributed by atoms with Gasteiger partial charge in [0.15, 0.2) is 0 Å². The molecule has 0 aliphatic rings. The van der Waals surface area contributed by atoms with Crippen molar-refractivity contribution in [1.29, 1.82) is 0 Å². The maximum atomic E-state index is 7.13. The van der Waals surface area contributed by atoms with Gasteiger partial charge >= 0.3 is 68.9 Å². The van der Waals surface area contributed by atoms with E-state index in [0.717, 1.165) is 0 Å². The first-order valence-corrected chi connectivity index (χ1v) is 0.836. The third-order valence-corrected chi connectivity index (χ3v) is 0. The Morgan fingerprint density at radius 3 is 1.75 bits per heavy atom. The van der Waals surface area contributed by atoms with Crippen LogP contribution in [0.1, 0.15) is 0 Å². The zero-order valence-corrected chi connectivity index (χ0v) is 9.45. The Kier molecular flexibility index (Phi) is 20.5. The second kappa shape index (κ2) is 8.85. The van der Waals surface area contributed by atoms with Crippen LogP contribution in [0.4, 0.5) is 0 Å². The summed E-state index contributed by atoms with van der Waals surface area (Å²) in [7, 11) is 0. The van der Waals surface area contributed by atoms with Crippen LogP contribution in [-0.2, 0) is 0 Å². The van der Waals surface area contributed by atoms with Gasteiger partial charge in [-0.15, -0.1) is 0 Å². The number of thiocarbonyl (C=S) groups is 1. The van der Waals surface area contributed by atoms with Crippen molar-refractivity contribution in [1.82, 2.24) is 0 Å². The summed E-state index contributed by atoms with van der Waals surface area (Å²) in [6, 6.07) is 0. The molecular weight excluding hydrogens is 191 g/mol. The molecule has 0 heterocycles. The first-order chi connectivity index (χ1) is 1.41. The van der Waals surface area contributed by atoms with Crippen molar-refractivity contribution in [3.63, 3.8) is 0 Å². The van der Waals surface area contributed by atoms with Gasteiger partial charge in [-0.05, 0) is 0 Å². The predicted octanol–water partition coefficient (Wildman–Crippen LogP) is -2.34. The summed E-state index contributed by atoms with van der Waals surface area (Å²) in [5.41, 5.74) is 0. The largest absolute Gasteiger partial charge is 1.00 e. The van der Waals surface area contributed by atoms with Gasteiger partial charge in [-0.3, -0.25) is 0 Å². The maximum Gasteiger partial charge on any atom is 1.00 e. The van der Waals surface area contributed by atoms with Crippen molar-refractivity contribution in [2.24, 2.45) is 0 Å². The monoisotopic (exact) mass is 191 g/mol. The third-order valence-electron chi connectivity index (χ3n) is 0. The van der Waals surface area contributed by atoms with Gasteiger partial charge in [0.05, 0.1) is 0 Å². The minimum absolute atomic E-state index is 0. The molecule has 0 radical (unpaired) electrons. The molecule has 0 aliphatic heterocycles. The SMILES string of the molecule is [Cs+].[N-]=C=S. The van der Waals surface area contributed by atoms with Crippen molar-refractivity contribution in [2.75, 3.05) is 0 Å². The third kappa shape index (κ3) is 9.13. The van der Waals surface area contributed by atoms with Gasteiger partial charge < -0.3 is 5.41 Å². The van der Waals surface area contributed by atoms with E-state index in [-0.39, 0.29) is 68.9 Å². The molecule has 3 heteroatoms. The van der Waals surface area contributed by atoms with Gasteiger partial charge in [-0.2, -0.15) is 5.16 Å². The minimum atomic E-state index is 0. The Bertz CT molecular complexity index is 29.0. The fraction of sp³-hybridized carbons (Fsp3) is 0. The smallest absolute Gasteiger partial charge is 0.753 e. The summed E-state index contributed by atoms with van der Waals surface area (Å²) in [5.74, 6) is 0. The van der Waals surface area contributed by atoms with Crippen molar-refractivity contribution >= 4 is 17.4 Å². The first-order valence-electron chi connectivity index (χ1n) is 0.428. The normalized spacial score (nSPS) is 2.00. The molecule has 0 saturated carbocycles. The topological polar surface area (TPSA) is 22.3 Å². The van der Waals surface area contributed by atoms with E-state index in [2.05, 4.69) is 12.2 Å². The van der Waals surface area contributed by atoms with E-state index in [1.54, 1.807) is 0 Å². The molecule has 0 fully saturated rings. The number of rotatable bonds is 0. The van der Waals surface area contributed by atoms with Gasteiger partial charge in [-0.1, -0.05) is 12.2 Å². The zero-order valence-electron chi connectivity index (χ0n) is 2.36. The van der Waals surface area contributed by atoms with Gasteiger partial charge in [-0.25, -0.2) is 0 Å². The molecule has 0 rings (SSSR count). The van der Waals surface area contributed by atoms with Crippen molar-refractivity contribution in [2.45, 2.75) is 0 Å². The van der Waals surface area contributed by atoms with Gasteiger partial charge in [0, 0.05) is 0 Å². The van der Waals surface area contributed by atoms with Gasteiger partial charge in [0.1, 0.15) is 0 Å². The zero-order chi connectivity index (χ0) is 2.71. The van der Waals surface area contributed by atoms with E-state index < -0.39 is 0 Å². The number of nitrogens with zero attached hydrogens (tertiary/aromatic N) is 1. The standard InChI is InChI=1S/CNS.Cs/c2-1-3;/q-1;+1. The van der Waals surface area contributed by atoms with Crippen molar-refractivity contribution in [3.05, 3.63) is 5.41 Å². The van der Waals surface area contributed by atoms with E-state index in [0.29, 0.717) is 0 Å². The van der Waals surface area contributed by atoms with Crippen LogP contribution in [0, 0.1) is 0 Å². The van der Waals surface area contributed by atoms with E-state index in [1.165, 1.54) is 5.16 Å². The Morgan fingerprint density at radius 2 is 1.75 bits per heavy atom. The summed E-state index contributed by atoms with van der Waals surface area (Å²) in [6.07, 6.45) is 0. The molecule has 0 unspecified atom stereocenters. The fourth-order valence-corrected chi connectivity index (χ4v) is 0. The van der Waals surface area contributed by atoms with E-state index in [9.17, 15) is 0 Å². The average Bonchev–Trinajstić information content (AvgIpc) is 0.918. The van der Waals surface area contributed by atoms with E-state index >= 15 is 0 Å². The average molecular weight is 191 g/mol. The van der Waals surface area contributed by atoms with Crippen LogP contribution < -0.4 is 68.9 Å². The quantitative estimate of drug-likeness (QED) is 0.311. The molecule has 0 saturated heterocycles. The second-order valence-electron chi connectivity index (χ2n) is 0.0913. The summed E-state index contributed by atoms with van der Waals surface area (Å²) in [4.78, 5) is 0. The van der Waals surface area contributed by atoms with Crippen molar-refractivity contribution < 1.29 is 68.9 Å². The maximum absolute atomic E-state index is 7.13. The molecule has 0 aromatic rings. The second-order valence-corrected chi connectivity index (χ2v) is 0.274. The van der Waals surface area contributed by atoms with E-state index in [4.69, 9.17) is 5.41 Å². The van der Waals surface area contributed by atoms with Crippen LogP contribution >= 0.6 is 12.2 Å². The van der Waals surface area contributed by atoms with Crippen LogP contribution in [0.3, 0.4) is 0 Å². The summed E-state index contributed by atoms with van der Waals surface area (Å²) in [5, 5.41) is 8.47. The molecule has 0 spiro atoms. The number of hydrogen-bond donors (Lipinski definition) is 0. The summed E-state index contributed by atoms with van der Waals surface area (Å²) in [6.45, 7) is 0. The minimum Gasteiger partial charge on any atom is -0.753 e. The van der Waals surface area contributed by atoms with E-state index in [1.807, 2.05) is 0 Å². The molecule has 0 aromatic carbocycles. The Hall–Kier alpha value is 1.85. The van der Waals surface area contributed by atoms with Gasteiger partial charge in [0.25, 0.3) is 0 Å². The predicted molar refractivity (Wildman–Crippen MR) is 16.0 cm³/mol. The first kappa shape index (κ1) is 9.28. The molecule has 0 aliphatic carbocycles. The molecule has 1 nitrogen and oxygen atoms in total. The Morgan fingerprint density at radius 1 is 1.75 bits per heavy atom. The summed E-state index contributed by atoms with van der Waals surface area (Å²) < 4.78 is 0. The molecule has 0 bridgehead atoms. The molecule has 0 atom stereocenters. The summed E-state index contributed by atoms with van der Waals surface area (Å²) >= 11 is 3.70. The number of hydrogen-bond acceptors (Lipinski definition) is 1.